The van der Waals surface area contributed by atoms with Gasteiger partial charge in [0.15, 0.2) is 0 Å². The van der Waals surface area contributed by atoms with Gasteiger partial charge in [-0.15, -0.1) is 0 Å². The first kappa shape index (κ1) is 12.0. The average molecular weight is 249 g/mol. The minimum absolute atomic E-state index is 0.409. The zero-order valence-corrected chi connectivity index (χ0v) is 10.4. The second kappa shape index (κ2) is 4.81. The molecule has 0 aliphatic heterocycles. The number of aliphatic hydroxyl groups is 1. The second-order valence-electron chi connectivity index (χ2n) is 4.12. The highest BCUT2D eigenvalue weighted by Crippen LogP contribution is 2.17. The molecule has 2 rings (SSSR count). The van der Waals surface area contributed by atoms with Gasteiger partial charge in [-0.25, -0.2) is 4.98 Å². The predicted molar refractivity (Wildman–Crippen MR) is 71.9 cm³/mol. The van der Waals surface area contributed by atoms with Crippen LogP contribution in [0.5, 0.6) is 0 Å². The van der Waals surface area contributed by atoms with Gasteiger partial charge in [-0.05, 0) is 19.1 Å². The number of hydrogen-bond acceptors (Lipinski definition) is 3. The fourth-order valence-electron chi connectivity index (χ4n) is 1.88. The highest BCUT2D eigenvalue weighted by molar-refractivity contribution is 7.80. The molecule has 1 heterocycles. The Bertz CT molecular complexity index is 548. The highest BCUT2D eigenvalue weighted by atomic mass is 32.1. The smallest absolute Gasteiger partial charge is 0.116 e. The minimum Gasteiger partial charge on any atom is -0.393 e. The number of nitrogens with two attached hydrogens (primary N) is 1. The summed E-state index contributed by atoms with van der Waals surface area (Å²) in [5, 5.41) is 9.53. The van der Waals surface area contributed by atoms with Crippen LogP contribution in [-0.4, -0.2) is 25.8 Å². The average Bonchev–Trinajstić information content (AvgIpc) is 2.55. The number of imidazole rings is 1. The van der Waals surface area contributed by atoms with Crippen molar-refractivity contribution in [1.29, 1.82) is 0 Å². The first-order valence-electron chi connectivity index (χ1n) is 5.48. The molecule has 0 amide bonds. The Balaban J connectivity index is 2.52. The van der Waals surface area contributed by atoms with Gasteiger partial charge in [0.1, 0.15) is 5.82 Å². The van der Waals surface area contributed by atoms with Crippen LogP contribution in [0.2, 0.25) is 0 Å². The molecule has 0 aliphatic carbocycles. The minimum atomic E-state index is -0.433. The topological polar surface area (TPSA) is 64.1 Å². The van der Waals surface area contributed by atoms with E-state index in [1.807, 2.05) is 28.8 Å². The third kappa shape index (κ3) is 2.62. The van der Waals surface area contributed by atoms with E-state index in [0.717, 1.165) is 16.9 Å². The third-order valence-corrected chi connectivity index (χ3v) is 2.66. The van der Waals surface area contributed by atoms with Crippen molar-refractivity contribution < 1.29 is 5.11 Å². The fraction of sp³-hybridized carbons (Fsp3) is 0.333. The molecule has 17 heavy (non-hydrogen) atoms. The molecule has 0 aliphatic rings. The number of para-hydroxylation sites is 2. The molecular formula is C12H15N3OS. The van der Waals surface area contributed by atoms with E-state index >= 15 is 0 Å². The second-order valence-corrected chi connectivity index (χ2v) is 4.64. The maximum atomic E-state index is 9.53. The number of aliphatic hydroxyl groups excluding tert-OH is 1. The lowest BCUT2D eigenvalue weighted by molar-refractivity contribution is 0.174. The van der Waals surface area contributed by atoms with Gasteiger partial charge in [-0.1, -0.05) is 24.4 Å². The van der Waals surface area contributed by atoms with Crippen molar-refractivity contribution in [3.8, 4) is 0 Å². The molecule has 1 aromatic carbocycles. The summed E-state index contributed by atoms with van der Waals surface area (Å²) < 4.78 is 1.97. The van der Waals surface area contributed by atoms with Gasteiger partial charge in [0.2, 0.25) is 0 Å². The van der Waals surface area contributed by atoms with Gasteiger partial charge in [0.05, 0.1) is 35.1 Å². The Morgan fingerprint density at radius 2 is 2.24 bits per heavy atom. The van der Waals surface area contributed by atoms with E-state index in [9.17, 15) is 5.11 Å². The van der Waals surface area contributed by atoms with E-state index in [2.05, 4.69) is 4.98 Å². The van der Waals surface area contributed by atoms with E-state index in [-0.39, 0.29) is 0 Å². The molecule has 5 heteroatoms. The first-order chi connectivity index (χ1) is 8.08. The Hall–Kier alpha value is -1.46. The lowest BCUT2D eigenvalue weighted by atomic mass is 10.3. The van der Waals surface area contributed by atoms with Crippen LogP contribution < -0.4 is 5.73 Å². The number of nitrogens with zero attached hydrogens (tertiary/aromatic N) is 2. The van der Waals surface area contributed by atoms with Crippen LogP contribution in [0.1, 0.15) is 12.7 Å². The zero-order valence-electron chi connectivity index (χ0n) is 9.63. The molecule has 1 aromatic heterocycles. The summed E-state index contributed by atoms with van der Waals surface area (Å²) >= 11 is 4.92. The summed E-state index contributed by atoms with van der Waals surface area (Å²) in [6.45, 7) is 2.25. The summed E-state index contributed by atoms with van der Waals surface area (Å²) in [4.78, 5) is 4.90. The highest BCUT2D eigenvalue weighted by Gasteiger charge is 2.12. The fourth-order valence-corrected chi connectivity index (χ4v) is 2.01. The Morgan fingerprint density at radius 3 is 2.88 bits per heavy atom. The van der Waals surface area contributed by atoms with Crippen molar-refractivity contribution in [3.05, 3.63) is 30.1 Å². The number of rotatable bonds is 4. The zero-order chi connectivity index (χ0) is 12.4. The van der Waals surface area contributed by atoms with Gasteiger partial charge in [-0.2, -0.15) is 0 Å². The molecule has 0 saturated heterocycles. The van der Waals surface area contributed by atoms with Crippen LogP contribution in [0, 0.1) is 0 Å². The summed E-state index contributed by atoms with van der Waals surface area (Å²) in [5.41, 5.74) is 7.46. The molecule has 0 radical (unpaired) electrons. The van der Waals surface area contributed by atoms with Crippen LogP contribution in [0.3, 0.4) is 0 Å². The van der Waals surface area contributed by atoms with Crippen molar-refractivity contribution in [1.82, 2.24) is 9.55 Å². The van der Waals surface area contributed by atoms with Crippen molar-refractivity contribution >= 4 is 28.2 Å². The Labute approximate surface area is 105 Å². The predicted octanol–water partition coefficient (Wildman–Crippen LogP) is 1.25. The number of benzene rings is 1. The van der Waals surface area contributed by atoms with Gasteiger partial charge in [0, 0.05) is 0 Å². The molecule has 2 aromatic rings. The maximum Gasteiger partial charge on any atom is 0.116 e. The maximum absolute atomic E-state index is 9.53. The van der Waals surface area contributed by atoms with Crippen LogP contribution in [0.4, 0.5) is 0 Å². The lowest BCUT2D eigenvalue weighted by Gasteiger charge is -2.10. The third-order valence-electron chi connectivity index (χ3n) is 2.51. The molecular weight excluding hydrogens is 234 g/mol. The molecule has 0 bridgehead atoms. The summed E-state index contributed by atoms with van der Waals surface area (Å²) in [7, 11) is 0. The molecule has 1 unspecified atom stereocenters. The molecule has 0 spiro atoms. The molecule has 3 N–H and O–H groups in total. The number of fused-ring (bicyclic) bond motifs is 1. The molecule has 0 saturated carbocycles. The SMILES string of the molecule is CC(O)Cn1c(CC(N)=S)nc2ccccc21. The monoisotopic (exact) mass is 249 g/mol. The van der Waals surface area contributed by atoms with E-state index < -0.39 is 6.10 Å². The Morgan fingerprint density at radius 1 is 1.53 bits per heavy atom. The van der Waals surface area contributed by atoms with Crippen LogP contribution >= 0.6 is 12.2 Å². The van der Waals surface area contributed by atoms with Crippen LogP contribution in [0.15, 0.2) is 24.3 Å². The molecule has 1 atom stereocenters. The normalized spacial score (nSPS) is 12.8. The number of hydrogen-bond donors (Lipinski definition) is 2. The molecule has 0 fully saturated rings. The van der Waals surface area contributed by atoms with Crippen molar-refractivity contribution in [2.75, 3.05) is 0 Å². The number of thiocarbonyl (C=S) groups is 1. The van der Waals surface area contributed by atoms with E-state index in [1.54, 1.807) is 6.92 Å². The van der Waals surface area contributed by atoms with Crippen molar-refractivity contribution in [3.63, 3.8) is 0 Å². The quantitative estimate of drug-likeness (QED) is 0.800. The summed E-state index contributed by atoms with van der Waals surface area (Å²) in [5.74, 6) is 0.805. The largest absolute Gasteiger partial charge is 0.393 e. The standard InChI is InChI=1S/C12H15N3OS/c1-8(16)7-15-10-5-3-2-4-9(10)14-12(15)6-11(13)17/h2-5,8,16H,6-7H2,1H3,(H2,13,17). The summed E-state index contributed by atoms with van der Waals surface area (Å²) in [6, 6.07) is 7.81. The van der Waals surface area contributed by atoms with Gasteiger partial charge in [-0.3, -0.25) is 0 Å². The van der Waals surface area contributed by atoms with Gasteiger partial charge in [0.25, 0.3) is 0 Å². The van der Waals surface area contributed by atoms with Crippen molar-refractivity contribution in [2.45, 2.75) is 26.0 Å². The van der Waals surface area contributed by atoms with Gasteiger partial charge < -0.3 is 15.4 Å². The molecule has 90 valence electrons. The first-order valence-corrected chi connectivity index (χ1v) is 5.89. The van der Waals surface area contributed by atoms with E-state index in [4.69, 9.17) is 18.0 Å². The van der Waals surface area contributed by atoms with Crippen molar-refractivity contribution in [2.24, 2.45) is 5.73 Å². The van der Waals surface area contributed by atoms with E-state index in [1.165, 1.54) is 0 Å². The van der Waals surface area contributed by atoms with Crippen LogP contribution in [0.25, 0.3) is 11.0 Å². The van der Waals surface area contributed by atoms with Crippen LogP contribution in [-0.2, 0) is 13.0 Å². The number of aromatic nitrogens is 2. The lowest BCUT2D eigenvalue weighted by Crippen LogP contribution is -2.19. The van der Waals surface area contributed by atoms with Gasteiger partial charge >= 0.3 is 0 Å². The molecule has 4 nitrogen and oxygen atoms in total. The summed E-state index contributed by atoms with van der Waals surface area (Å²) in [6.07, 6.45) is 0.0224. The van der Waals surface area contributed by atoms with E-state index in [0.29, 0.717) is 18.0 Å². The Kier molecular flexibility index (Phi) is 3.40.